The summed E-state index contributed by atoms with van der Waals surface area (Å²) in [5.74, 6) is -1.99. The first-order valence-corrected chi connectivity index (χ1v) is 5.55. The number of hydrogen-bond donors (Lipinski definition) is 1. The molecule has 6 nitrogen and oxygen atoms in total. The summed E-state index contributed by atoms with van der Waals surface area (Å²) in [6.07, 6.45) is 0.0679. The molecular weight excluding hydrogens is 228 g/mol. The molecule has 6 heteroatoms. The molecule has 0 aromatic rings. The van der Waals surface area contributed by atoms with Gasteiger partial charge in [-0.3, -0.25) is 9.59 Å². The highest BCUT2D eigenvalue weighted by Crippen LogP contribution is 2.04. The Kier molecular flexibility index (Phi) is 7.75. The number of carbonyl (C=O) groups excluding carboxylic acids is 2. The second-order valence-electron chi connectivity index (χ2n) is 3.48. The number of carbonyl (C=O) groups is 3. The van der Waals surface area contributed by atoms with Crippen LogP contribution in [0.4, 0.5) is 0 Å². The molecule has 0 aliphatic heterocycles. The van der Waals surface area contributed by atoms with Gasteiger partial charge in [0.2, 0.25) is 0 Å². The summed E-state index contributed by atoms with van der Waals surface area (Å²) in [5, 5.41) is 8.38. The highest BCUT2D eigenvalue weighted by atomic mass is 16.6. The van der Waals surface area contributed by atoms with Crippen molar-refractivity contribution in [3.05, 3.63) is 0 Å². The molecule has 0 fully saturated rings. The van der Waals surface area contributed by atoms with E-state index in [0.717, 1.165) is 0 Å². The quantitative estimate of drug-likeness (QED) is 0.510. The number of carboxylic acids is 1. The van der Waals surface area contributed by atoms with Crippen LogP contribution in [0.1, 0.15) is 39.5 Å². The average molecular weight is 246 g/mol. The second-order valence-corrected chi connectivity index (χ2v) is 3.48. The summed E-state index contributed by atoms with van der Waals surface area (Å²) in [6.45, 7) is 3.34. The van der Waals surface area contributed by atoms with E-state index >= 15 is 0 Å². The van der Waals surface area contributed by atoms with Gasteiger partial charge >= 0.3 is 17.9 Å². The fraction of sp³-hybridized carbons (Fsp3) is 0.727. The summed E-state index contributed by atoms with van der Waals surface area (Å²) in [7, 11) is 0. The molecule has 0 spiro atoms. The largest absolute Gasteiger partial charge is 0.481 e. The van der Waals surface area contributed by atoms with Gasteiger partial charge in [0.15, 0.2) is 6.10 Å². The van der Waals surface area contributed by atoms with Gasteiger partial charge in [-0.05, 0) is 26.7 Å². The summed E-state index contributed by atoms with van der Waals surface area (Å²) in [4.78, 5) is 32.6. The number of ether oxygens (including phenoxy) is 2. The molecule has 0 aromatic heterocycles. The van der Waals surface area contributed by atoms with Crippen LogP contribution in [0.15, 0.2) is 0 Å². The first-order valence-electron chi connectivity index (χ1n) is 5.55. The first kappa shape index (κ1) is 15.4. The van der Waals surface area contributed by atoms with E-state index in [2.05, 4.69) is 4.74 Å². The smallest absolute Gasteiger partial charge is 0.347 e. The van der Waals surface area contributed by atoms with Gasteiger partial charge in [-0.15, -0.1) is 0 Å². The maximum absolute atomic E-state index is 11.2. The van der Waals surface area contributed by atoms with E-state index in [1.807, 2.05) is 0 Å². The summed E-state index contributed by atoms with van der Waals surface area (Å²) in [5.41, 5.74) is 0. The van der Waals surface area contributed by atoms with Gasteiger partial charge in [0, 0.05) is 12.8 Å². The summed E-state index contributed by atoms with van der Waals surface area (Å²) in [6, 6.07) is 0. The van der Waals surface area contributed by atoms with Crippen molar-refractivity contribution in [2.45, 2.75) is 45.6 Å². The first-order chi connectivity index (χ1) is 7.97. The van der Waals surface area contributed by atoms with E-state index in [4.69, 9.17) is 9.84 Å². The van der Waals surface area contributed by atoms with Crippen molar-refractivity contribution < 1.29 is 29.0 Å². The molecule has 1 N–H and O–H groups in total. The van der Waals surface area contributed by atoms with Crippen molar-refractivity contribution >= 4 is 17.9 Å². The average Bonchev–Trinajstić information content (AvgIpc) is 2.24. The highest BCUT2D eigenvalue weighted by molar-refractivity contribution is 5.79. The van der Waals surface area contributed by atoms with Crippen molar-refractivity contribution in [1.82, 2.24) is 0 Å². The molecule has 0 saturated carbocycles. The molecule has 17 heavy (non-hydrogen) atoms. The Morgan fingerprint density at radius 1 is 1.18 bits per heavy atom. The van der Waals surface area contributed by atoms with Crippen LogP contribution in [0.2, 0.25) is 0 Å². The van der Waals surface area contributed by atoms with Crippen molar-refractivity contribution in [3.63, 3.8) is 0 Å². The number of esters is 2. The Bertz CT molecular complexity index is 273. The van der Waals surface area contributed by atoms with Gasteiger partial charge in [-0.1, -0.05) is 0 Å². The molecule has 0 heterocycles. The predicted molar refractivity (Wildman–Crippen MR) is 58.3 cm³/mol. The van der Waals surface area contributed by atoms with Crippen LogP contribution in [-0.4, -0.2) is 35.7 Å². The molecule has 0 bridgehead atoms. The van der Waals surface area contributed by atoms with E-state index in [-0.39, 0.29) is 19.4 Å². The number of rotatable bonds is 8. The standard InChI is InChI=1S/C11H18O6/c1-3-16-11(15)8(2)17-10(14)7-5-4-6-9(12)13/h8H,3-7H2,1-2H3,(H,12,13). The molecular formula is C11H18O6. The Morgan fingerprint density at radius 3 is 2.29 bits per heavy atom. The number of carboxylic acid groups (broad SMARTS) is 1. The lowest BCUT2D eigenvalue weighted by molar-refractivity contribution is -0.166. The molecule has 0 aliphatic carbocycles. The van der Waals surface area contributed by atoms with Gasteiger partial charge in [0.1, 0.15) is 0 Å². The fourth-order valence-corrected chi connectivity index (χ4v) is 1.11. The van der Waals surface area contributed by atoms with E-state index in [1.165, 1.54) is 6.92 Å². The second kappa shape index (κ2) is 8.55. The summed E-state index contributed by atoms with van der Waals surface area (Å²) < 4.78 is 9.48. The highest BCUT2D eigenvalue weighted by Gasteiger charge is 2.18. The van der Waals surface area contributed by atoms with Crippen molar-refractivity contribution in [2.24, 2.45) is 0 Å². The van der Waals surface area contributed by atoms with Crippen molar-refractivity contribution in [2.75, 3.05) is 6.61 Å². The minimum absolute atomic E-state index is 0.0285. The monoisotopic (exact) mass is 246 g/mol. The van der Waals surface area contributed by atoms with Gasteiger partial charge < -0.3 is 14.6 Å². The zero-order chi connectivity index (χ0) is 13.3. The molecule has 98 valence electrons. The lowest BCUT2D eigenvalue weighted by atomic mass is 10.2. The van der Waals surface area contributed by atoms with Crippen LogP contribution in [0.25, 0.3) is 0 Å². The van der Waals surface area contributed by atoms with Crippen molar-refractivity contribution in [3.8, 4) is 0 Å². The number of hydrogen-bond acceptors (Lipinski definition) is 5. The van der Waals surface area contributed by atoms with Crippen LogP contribution in [0.5, 0.6) is 0 Å². The molecule has 0 rings (SSSR count). The molecule has 0 aliphatic rings. The van der Waals surface area contributed by atoms with E-state index in [9.17, 15) is 14.4 Å². The maximum Gasteiger partial charge on any atom is 0.347 e. The van der Waals surface area contributed by atoms with Gasteiger partial charge in [-0.25, -0.2) is 4.79 Å². The van der Waals surface area contributed by atoms with E-state index in [1.54, 1.807) is 6.92 Å². The van der Waals surface area contributed by atoms with Gasteiger partial charge in [0.05, 0.1) is 6.61 Å². The number of unbranched alkanes of at least 4 members (excludes halogenated alkanes) is 1. The summed E-state index contributed by atoms with van der Waals surface area (Å²) >= 11 is 0. The molecule has 1 unspecified atom stereocenters. The minimum Gasteiger partial charge on any atom is -0.481 e. The van der Waals surface area contributed by atoms with Crippen LogP contribution in [0.3, 0.4) is 0 Å². The molecule has 0 amide bonds. The third-order valence-corrected chi connectivity index (χ3v) is 1.95. The number of aliphatic carboxylic acids is 1. The van der Waals surface area contributed by atoms with Crippen LogP contribution in [0, 0.1) is 0 Å². The lowest BCUT2D eigenvalue weighted by Gasteiger charge is -2.11. The van der Waals surface area contributed by atoms with Crippen molar-refractivity contribution in [1.29, 1.82) is 0 Å². The van der Waals surface area contributed by atoms with Crippen LogP contribution in [-0.2, 0) is 23.9 Å². The van der Waals surface area contributed by atoms with Crippen LogP contribution < -0.4 is 0 Å². The SMILES string of the molecule is CCOC(=O)C(C)OC(=O)CCCCC(=O)O. The van der Waals surface area contributed by atoms with E-state index in [0.29, 0.717) is 12.8 Å². The van der Waals surface area contributed by atoms with Crippen LogP contribution >= 0.6 is 0 Å². The van der Waals surface area contributed by atoms with Gasteiger partial charge in [0.25, 0.3) is 0 Å². The third kappa shape index (κ3) is 8.24. The van der Waals surface area contributed by atoms with Gasteiger partial charge in [-0.2, -0.15) is 0 Å². The normalized spacial score (nSPS) is 11.6. The zero-order valence-electron chi connectivity index (χ0n) is 10.1. The Balaban J connectivity index is 3.71. The minimum atomic E-state index is -0.915. The third-order valence-electron chi connectivity index (χ3n) is 1.95. The molecule has 0 radical (unpaired) electrons. The molecule has 1 atom stereocenters. The Morgan fingerprint density at radius 2 is 1.76 bits per heavy atom. The predicted octanol–water partition coefficient (Wildman–Crippen LogP) is 1.13. The zero-order valence-corrected chi connectivity index (χ0v) is 10.1. The molecule has 0 saturated heterocycles. The maximum atomic E-state index is 11.2. The van der Waals surface area contributed by atoms with E-state index < -0.39 is 24.0 Å². The lowest BCUT2D eigenvalue weighted by Crippen LogP contribution is -2.26. The topological polar surface area (TPSA) is 89.9 Å². The fourth-order valence-electron chi connectivity index (χ4n) is 1.11. The Labute approximate surface area is 99.9 Å². The molecule has 0 aromatic carbocycles. The Hall–Kier alpha value is -1.59.